The third kappa shape index (κ3) is 4.54. The summed E-state index contributed by atoms with van der Waals surface area (Å²) in [4.78, 5) is 17.2. The van der Waals surface area contributed by atoms with Crippen LogP contribution < -0.4 is 4.90 Å². The van der Waals surface area contributed by atoms with Crippen molar-refractivity contribution in [2.75, 3.05) is 31.1 Å². The molecule has 0 unspecified atom stereocenters. The van der Waals surface area contributed by atoms with Crippen LogP contribution in [-0.2, 0) is 4.79 Å². The molecule has 1 aromatic carbocycles. The van der Waals surface area contributed by atoms with E-state index >= 15 is 0 Å². The smallest absolute Gasteiger partial charge is 0.264 e. The summed E-state index contributed by atoms with van der Waals surface area (Å²) in [5.74, 6) is -0.155. The monoisotopic (exact) mass is 416 g/mol. The summed E-state index contributed by atoms with van der Waals surface area (Å²) in [7, 11) is 0. The molecule has 1 saturated carbocycles. The van der Waals surface area contributed by atoms with Gasteiger partial charge in [-0.1, -0.05) is 37.5 Å². The molecule has 2 aliphatic rings. The molecule has 0 spiro atoms. The SMILES string of the molecule is Cc1cc(/C=C(/C#N)C(=O)N2CCN(c3ccccc3)CC2)c(C)n1C1CCCCC1. The average Bonchev–Trinajstić information content (AvgIpc) is 3.10. The molecule has 2 heterocycles. The molecule has 5 heteroatoms. The van der Waals surface area contributed by atoms with Crippen LogP contribution in [0.3, 0.4) is 0 Å². The van der Waals surface area contributed by atoms with E-state index in [1.807, 2.05) is 23.1 Å². The lowest BCUT2D eigenvalue weighted by Crippen LogP contribution is -2.49. The molecule has 0 N–H and O–H groups in total. The van der Waals surface area contributed by atoms with Gasteiger partial charge in [0, 0.05) is 49.3 Å². The highest BCUT2D eigenvalue weighted by Crippen LogP contribution is 2.32. The van der Waals surface area contributed by atoms with Crippen molar-refractivity contribution in [3.8, 4) is 6.07 Å². The van der Waals surface area contributed by atoms with E-state index in [-0.39, 0.29) is 11.5 Å². The highest BCUT2D eigenvalue weighted by atomic mass is 16.2. The van der Waals surface area contributed by atoms with Gasteiger partial charge in [0.1, 0.15) is 11.6 Å². The fourth-order valence-electron chi connectivity index (χ4n) is 5.12. The third-order valence-electron chi connectivity index (χ3n) is 6.80. The van der Waals surface area contributed by atoms with E-state index in [2.05, 4.69) is 47.6 Å². The van der Waals surface area contributed by atoms with Crippen LogP contribution in [-0.4, -0.2) is 41.6 Å². The van der Waals surface area contributed by atoms with Crippen molar-refractivity contribution in [3.05, 3.63) is 58.9 Å². The van der Waals surface area contributed by atoms with Gasteiger partial charge in [0.15, 0.2) is 0 Å². The van der Waals surface area contributed by atoms with Crippen molar-refractivity contribution >= 4 is 17.7 Å². The van der Waals surface area contributed by atoms with E-state index in [0.717, 1.165) is 18.7 Å². The average molecular weight is 417 g/mol. The first kappa shape index (κ1) is 21.2. The number of aromatic nitrogens is 1. The molecule has 31 heavy (non-hydrogen) atoms. The van der Waals surface area contributed by atoms with Crippen molar-refractivity contribution in [2.24, 2.45) is 0 Å². The minimum atomic E-state index is -0.155. The zero-order valence-electron chi connectivity index (χ0n) is 18.7. The number of aryl methyl sites for hydroxylation is 1. The molecule has 1 aliphatic heterocycles. The van der Waals surface area contributed by atoms with Crippen LogP contribution in [0.1, 0.15) is 55.1 Å². The molecule has 0 bridgehead atoms. The number of anilines is 1. The molecule has 1 aliphatic carbocycles. The molecular weight excluding hydrogens is 384 g/mol. The minimum Gasteiger partial charge on any atom is -0.368 e. The van der Waals surface area contributed by atoms with Crippen LogP contribution in [0.2, 0.25) is 0 Å². The maximum atomic E-state index is 13.1. The van der Waals surface area contributed by atoms with Crippen LogP contribution in [0.25, 0.3) is 6.08 Å². The maximum Gasteiger partial charge on any atom is 0.264 e. The van der Waals surface area contributed by atoms with Crippen LogP contribution in [0, 0.1) is 25.2 Å². The molecular formula is C26H32N4O. The van der Waals surface area contributed by atoms with Gasteiger partial charge in [0.25, 0.3) is 5.91 Å². The zero-order valence-corrected chi connectivity index (χ0v) is 18.7. The van der Waals surface area contributed by atoms with Crippen LogP contribution in [0.15, 0.2) is 42.0 Å². The Balaban J connectivity index is 1.48. The topological polar surface area (TPSA) is 52.3 Å². The molecule has 2 fully saturated rings. The lowest BCUT2D eigenvalue weighted by molar-refractivity contribution is -0.126. The number of rotatable bonds is 4. The summed E-state index contributed by atoms with van der Waals surface area (Å²) in [6.07, 6.45) is 8.12. The van der Waals surface area contributed by atoms with Gasteiger partial charge < -0.3 is 14.4 Å². The van der Waals surface area contributed by atoms with Crippen LogP contribution >= 0.6 is 0 Å². The van der Waals surface area contributed by atoms with Gasteiger partial charge in [-0.25, -0.2) is 0 Å². The van der Waals surface area contributed by atoms with Gasteiger partial charge >= 0.3 is 0 Å². The Morgan fingerprint density at radius 1 is 1.03 bits per heavy atom. The number of para-hydroxylation sites is 1. The molecule has 5 nitrogen and oxygen atoms in total. The summed E-state index contributed by atoms with van der Waals surface area (Å²) < 4.78 is 2.42. The maximum absolute atomic E-state index is 13.1. The molecule has 4 rings (SSSR count). The first-order chi connectivity index (χ1) is 15.1. The molecule has 1 saturated heterocycles. The van der Waals surface area contributed by atoms with Crippen LogP contribution in [0.5, 0.6) is 0 Å². The first-order valence-electron chi connectivity index (χ1n) is 11.5. The number of hydrogen-bond donors (Lipinski definition) is 0. The van der Waals surface area contributed by atoms with Crippen molar-refractivity contribution in [2.45, 2.75) is 52.0 Å². The third-order valence-corrected chi connectivity index (χ3v) is 6.80. The number of amides is 1. The summed E-state index contributed by atoms with van der Waals surface area (Å²) in [5.41, 5.74) is 4.80. The van der Waals surface area contributed by atoms with Gasteiger partial charge in [-0.05, 0) is 56.5 Å². The Morgan fingerprint density at radius 2 is 1.71 bits per heavy atom. The molecule has 162 valence electrons. The zero-order chi connectivity index (χ0) is 21.8. The Bertz CT molecular complexity index is 984. The standard InChI is InChI=1S/C26H32N4O/c1-20-17-22(21(2)30(20)25-11-7-4-8-12-25)18-23(19-27)26(31)29-15-13-28(14-16-29)24-9-5-3-6-10-24/h3,5-6,9-10,17-18,25H,4,7-8,11-16H2,1-2H3/b23-18-. The fourth-order valence-corrected chi connectivity index (χ4v) is 5.12. The number of carbonyl (C=O) groups excluding carboxylic acids is 1. The fraction of sp³-hybridized carbons (Fsp3) is 0.462. The number of nitrogens with zero attached hydrogens (tertiary/aromatic N) is 4. The van der Waals surface area contributed by atoms with Crippen molar-refractivity contribution in [1.82, 2.24) is 9.47 Å². The second-order valence-corrected chi connectivity index (χ2v) is 8.77. The molecule has 2 aromatic rings. The Labute approximate surface area is 185 Å². The summed E-state index contributed by atoms with van der Waals surface area (Å²) in [6, 6.07) is 15.1. The lowest BCUT2D eigenvalue weighted by Gasteiger charge is -2.36. The van der Waals surface area contributed by atoms with E-state index in [0.29, 0.717) is 19.1 Å². The predicted octanol–water partition coefficient (Wildman–Crippen LogP) is 4.87. The normalized spacial score (nSPS) is 18.2. The number of nitriles is 1. The summed E-state index contributed by atoms with van der Waals surface area (Å²) >= 11 is 0. The van der Waals surface area contributed by atoms with Crippen molar-refractivity contribution < 1.29 is 4.79 Å². The predicted molar refractivity (Wildman–Crippen MR) is 125 cm³/mol. The lowest BCUT2D eigenvalue weighted by atomic mass is 9.95. The Hall–Kier alpha value is -3.00. The second kappa shape index (κ2) is 9.43. The van der Waals surface area contributed by atoms with Gasteiger partial charge in [-0.3, -0.25) is 4.79 Å². The quantitative estimate of drug-likeness (QED) is 0.528. The molecule has 1 amide bonds. The van der Waals surface area contributed by atoms with Gasteiger partial charge in [0.05, 0.1) is 0 Å². The number of benzene rings is 1. The summed E-state index contributed by atoms with van der Waals surface area (Å²) in [5, 5.41) is 9.75. The highest BCUT2D eigenvalue weighted by Gasteiger charge is 2.25. The van der Waals surface area contributed by atoms with E-state index < -0.39 is 0 Å². The number of hydrogen-bond acceptors (Lipinski definition) is 3. The Kier molecular flexibility index (Phi) is 6.46. The summed E-state index contributed by atoms with van der Waals surface area (Å²) in [6.45, 7) is 7.08. The van der Waals surface area contributed by atoms with E-state index in [1.165, 1.54) is 49.2 Å². The van der Waals surface area contributed by atoms with Gasteiger partial charge in [-0.2, -0.15) is 5.26 Å². The molecule has 1 aromatic heterocycles. The molecule has 0 radical (unpaired) electrons. The second-order valence-electron chi connectivity index (χ2n) is 8.77. The van der Waals surface area contributed by atoms with E-state index in [9.17, 15) is 10.1 Å². The van der Waals surface area contributed by atoms with Crippen molar-refractivity contribution in [1.29, 1.82) is 5.26 Å². The van der Waals surface area contributed by atoms with Gasteiger partial charge in [0.2, 0.25) is 0 Å². The van der Waals surface area contributed by atoms with Gasteiger partial charge in [-0.15, -0.1) is 0 Å². The number of piperazine rings is 1. The minimum absolute atomic E-state index is 0.155. The first-order valence-corrected chi connectivity index (χ1v) is 11.5. The Morgan fingerprint density at radius 3 is 2.35 bits per heavy atom. The number of carbonyl (C=O) groups is 1. The van der Waals surface area contributed by atoms with E-state index in [4.69, 9.17) is 0 Å². The largest absolute Gasteiger partial charge is 0.368 e. The van der Waals surface area contributed by atoms with Crippen molar-refractivity contribution in [3.63, 3.8) is 0 Å². The van der Waals surface area contributed by atoms with Crippen LogP contribution in [0.4, 0.5) is 5.69 Å². The molecule has 0 atom stereocenters. The van der Waals surface area contributed by atoms with E-state index in [1.54, 1.807) is 6.08 Å². The highest BCUT2D eigenvalue weighted by molar-refractivity contribution is 6.02.